The van der Waals surface area contributed by atoms with Crippen molar-refractivity contribution in [2.45, 2.75) is 22.2 Å². The standard InChI is InChI=1S/C9H8F3O5PS2/c1-6-3-2-4-7(19-9(10,11)12)8(6)20(15,16)17-5-18(13)14/h2-4H,5H2,1H3/p+1. The van der Waals surface area contributed by atoms with E-state index in [0.717, 1.165) is 6.07 Å². The van der Waals surface area contributed by atoms with Gasteiger partial charge in [-0.05, 0) is 34.9 Å². The van der Waals surface area contributed by atoms with Gasteiger partial charge in [0.05, 0.1) is 0 Å². The van der Waals surface area contributed by atoms with Gasteiger partial charge in [0.15, 0.2) is 0 Å². The second-order valence-electron chi connectivity index (χ2n) is 3.50. The molecular formula is C9H9F3O5PS2+. The molecule has 5 nitrogen and oxygen atoms in total. The van der Waals surface area contributed by atoms with E-state index in [4.69, 9.17) is 4.89 Å². The molecule has 0 fully saturated rings. The van der Waals surface area contributed by atoms with Gasteiger partial charge in [0, 0.05) is 4.90 Å². The Kier molecular flexibility index (Phi) is 5.56. The largest absolute Gasteiger partial charge is 0.535 e. The van der Waals surface area contributed by atoms with E-state index in [2.05, 4.69) is 4.18 Å². The molecule has 0 saturated heterocycles. The summed E-state index contributed by atoms with van der Waals surface area (Å²) in [7, 11) is -7.44. The van der Waals surface area contributed by atoms with Gasteiger partial charge < -0.3 is 0 Å². The minimum absolute atomic E-state index is 0.0485. The van der Waals surface area contributed by atoms with Crippen LogP contribution in [0.3, 0.4) is 0 Å². The molecule has 0 aliphatic heterocycles. The summed E-state index contributed by atoms with van der Waals surface area (Å²) in [4.78, 5) is 7.32. The molecular weight excluding hydrogens is 340 g/mol. The molecule has 0 spiro atoms. The molecule has 1 unspecified atom stereocenters. The van der Waals surface area contributed by atoms with Crippen molar-refractivity contribution in [2.75, 3.05) is 6.35 Å². The van der Waals surface area contributed by atoms with E-state index in [9.17, 15) is 26.2 Å². The molecule has 0 radical (unpaired) electrons. The number of hydrogen-bond donors (Lipinski definition) is 1. The van der Waals surface area contributed by atoms with Crippen LogP contribution in [-0.2, 0) is 18.9 Å². The van der Waals surface area contributed by atoms with Crippen molar-refractivity contribution < 1.29 is 35.2 Å². The molecule has 20 heavy (non-hydrogen) atoms. The molecule has 0 saturated carbocycles. The van der Waals surface area contributed by atoms with Crippen molar-refractivity contribution in [3.05, 3.63) is 23.8 Å². The monoisotopic (exact) mass is 349 g/mol. The van der Waals surface area contributed by atoms with Crippen molar-refractivity contribution in [1.82, 2.24) is 0 Å². The first-order valence-electron chi connectivity index (χ1n) is 4.91. The molecule has 1 N–H and O–H groups in total. The summed E-state index contributed by atoms with van der Waals surface area (Å²) in [6.07, 6.45) is -1.01. The summed E-state index contributed by atoms with van der Waals surface area (Å²) < 4.78 is 75.6. The molecule has 1 rings (SSSR count). The van der Waals surface area contributed by atoms with Gasteiger partial charge in [-0.2, -0.15) is 26.5 Å². The van der Waals surface area contributed by atoms with Crippen LogP contribution in [0.25, 0.3) is 0 Å². The lowest BCUT2D eigenvalue weighted by molar-refractivity contribution is -0.0329. The first-order valence-corrected chi connectivity index (χ1v) is 8.53. The van der Waals surface area contributed by atoms with Gasteiger partial charge in [-0.15, -0.1) is 0 Å². The number of hydrogen-bond acceptors (Lipinski definition) is 5. The number of aryl methyl sites for hydroxylation is 1. The topological polar surface area (TPSA) is 80.7 Å². The number of alkyl halides is 3. The highest BCUT2D eigenvalue weighted by molar-refractivity contribution is 8.00. The molecule has 1 aromatic carbocycles. The molecule has 1 aromatic rings. The highest BCUT2D eigenvalue weighted by Gasteiger charge is 2.34. The van der Waals surface area contributed by atoms with Crippen LogP contribution in [0.5, 0.6) is 0 Å². The molecule has 0 aromatic heterocycles. The Labute approximate surface area is 118 Å². The van der Waals surface area contributed by atoms with E-state index < -0.39 is 51.6 Å². The maximum absolute atomic E-state index is 12.4. The summed E-state index contributed by atoms with van der Waals surface area (Å²) in [5.41, 5.74) is -4.62. The van der Waals surface area contributed by atoms with Crippen LogP contribution in [0.15, 0.2) is 28.0 Å². The molecule has 0 amide bonds. The first-order chi connectivity index (χ1) is 9.03. The first kappa shape index (κ1) is 17.4. The van der Waals surface area contributed by atoms with E-state index in [1.807, 2.05) is 0 Å². The van der Waals surface area contributed by atoms with Crippen molar-refractivity contribution >= 4 is 29.9 Å². The Morgan fingerprint density at radius 2 is 2.00 bits per heavy atom. The Morgan fingerprint density at radius 1 is 1.40 bits per heavy atom. The second-order valence-corrected chi connectivity index (χ2v) is 7.12. The number of rotatable bonds is 5. The second kappa shape index (κ2) is 6.40. The number of benzene rings is 1. The van der Waals surface area contributed by atoms with Crippen LogP contribution in [0, 0.1) is 6.92 Å². The minimum atomic E-state index is -4.67. The molecule has 0 heterocycles. The Balaban J connectivity index is 3.25. The van der Waals surface area contributed by atoms with Crippen LogP contribution in [-0.4, -0.2) is 25.2 Å². The molecule has 112 valence electrons. The van der Waals surface area contributed by atoms with Gasteiger partial charge in [0.2, 0.25) is 0 Å². The van der Waals surface area contributed by atoms with Crippen LogP contribution in [0.4, 0.5) is 13.2 Å². The zero-order chi connectivity index (χ0) is 15.6. The van der Waals surface area contributed by atoms with Crippen LogP contribution in [0.2, 0.25) is 0 Å². The molecule has 0 aliphatic rings. The smallest absolute Gasteiger partial charge is 0.213 e. The van der Waals surface area contributed by atoms with Crippen molar-refractivity contribution in [1.29, 1.82) is 0 Å². The minimum Gasteiger partial charge on any atom is -0.213 e. The fourth-order valence-corrected chi connectivity index (χ4v) is 4.22. The highest BCUT2D eigenvalue weighted by atomic mass is 32.2. The lowest BCUT2D eigenvalue weighted by atomic mass is 10.2. The van der Waals surface area contributed by atoms with Gasteiger partial charge in [-0.25, -0.2) is 4.18 Å². The van der Waals surface area contributed by atoms with Crippen molar-refractivity contribution in [3.8, 4) is 0 Å². The summed E-state index contributed by atoms with van der Waals surface area (Å²) in [6, 6.07) is 3.56. The van der Waals surface area contributed by atoms with Gasteiger partial charge in [0.1, 0.15) is 4.90 Å². The summed E-state index contributed by atoms with van der Waals surface area (Å²) in [6.45, 7) is 1.30. The Bertz CT molecular complexity index is 614. The van der Waals surface area contributed by atoms with E-state index >= 15 is 0 Å². The van der Waals surface area contributed by atoms with Crippen molar-refractivity contribution in [2.24, 2.45) is 0 Å². The SMILES string of the molecule is Cc1cccc(SC(F)(F)F)c1S(=O)(=O)OC[P+](=O)O. The average Bonchev–Trinajstić information content (AvgIpc) is 2.24. The quantitative estimate of drug-likeness (QED) is 0.500. The van der Waals surface area contributed by atoms with Crippen molar-refractivity contribution in [3.63, 3.8) is 0 Å². The summed E-state index contributed by atoms with van der Waals surface area (Å²) in [5.74, 6) is 0. The maximum atomic E-state index is 12.4. The zero-order valence-corrected chi connectivity index (χ0v) is 12.4. The third-order valence-corrected chi connectivity index (χ3v) is 4.89. The Morgan fingerprint density at radius 3 is 2.50 bits per heavy atom. The predicted molar refractivity (Wildman–Crippen MR) is 66.1 cm³/mol. The summed E-state index contributed by atoms with van der Waals surface area (Å²) >= 11 is -0.592. The number of halogens is 3. The lowest BCUT2D eigenvalue weighted by Gasteiger charge is -2.12. The van der Waals surface area contributed by atoms with E-state index in [0.29, 0.717) is 0 Å². The van der Waals surface area contributed by atoms with Gasteiger partial charge in [-0.1, -0.05) is 12.1 Å². The molecule has 1 atom stereocenters. The fraction of sp³-hybridized carbons (Fsp3) is 0.333. The average molecular weight is 349 g/mol. The highest BCUT2D eigenvalue weighted by Crippen LogP contribution is 2.41. The maximum Gasteiger partial charge on any atom is 0.535 e. The molecule has 0 bridgehead atoms. The number of thioether (sulfide) groups is 1. The lowest BCUT2D eigenvalue weighted by Crippen LogP contribution is -2.11. The normalized spacial score (nSPS) is 13.3. The third-order valence-electron chi connectivity index (χ3n) is 1.97. The molecule has 11 heteroatoms. The molecule has 0 aliphatic carbocycles. The Hall–Kier alpha value is -0.670. The van der Waals surface area contributed by atoms with Crippen LogP contribution in [0.1, 0.15) is 5.56 Å². The zero-order valence-electron chi connectivity index (χ0n) is 9.92. The van der Waals surface area contributed by atoms with Crippen LogP contribution < -0.4 is 0 Å². The van der Waals surface area contributed by atoms with Crippen LogP contribution >= 0.6 is 19.8 Å². The fourth-order valence-electron chi connectivity index (χ4n) is 1.32. The van der Waals surface area contributed by atoms with E-state index in [-0.39, 0.29) is 5.56 Å². The van der Waals surface area contributed by atoms with E-state index in [1.54, 1.807) is 0 Å². The van der Waals surface area contributed by atoms with Gasteiger partial charge in [-0.3, -0.25) is 0 Å². The van der Waals surface area contributed by atoms with Gasteiger partial charge in [0.25, 0.3) is 6.35 Å². The third kappa shape index (κ3) is 5.02. The van der Waals surface area contributed by atoms with Gasteiger partial charge >= 0.3 is 23.7 Å². The predicted octanol–water partition coefficient (Wildman–Crippen LogP) is 3.00. The van der Waals surface area contributed by atoms with E-state index in [1.165, 1.54) is 19.1 Å². The summed E-state index contributed by atoms with van der Waals surface area (Å²) in [5, 5.41) is 0.